The molecule has 1 fully saturated rings. The molecule has 1 aliphatic heterocycles. The zero-order valence-electron chi connectivity index (χ0n) is 12.5. The van der Waals surface area contributed by atoms with E-state index in [1.807, 2.05) is 6.92 Å². The second-order valence-corrected chi connectivity index (χ2v) is 6.12. The summed E-state index contributed by atoms with van der Waals surface area (Å²) in [5.74, 6) is -1.70. The van der Waals surface area contributed by atoms with Gasteiger partial charge in [0.25, 0.3) is 0 Å². The van der Waals surface area contributed by atoms with E-state index >= 15 is 0 Å². The van der Waals surface area contributed by atoms with Crippen LogP contribution < -0.4 is 5.32 Å². The Labute approximate surface area is 137 Å². The van der Waals surface area contributed by atoms with Crippen molar-refractivity contribution in [3.63, 3.8) is 0 Å². The second kappa shape index (κ2) is 7.45. The van der Waals surface area contributed by atoms with Crippen LogP contribution in [0.5, 0.6) is 0 Å². The van der Waals surface area contributed by atoms with E-state index in [9.17, 15) is 18.8 Å². The third-order valence-corrected chi connectivity index (χ3v) is 4.45. The third-order valence-electron chi connectivity index (χ3n) is 3.44. The lowest BCUT2D eigenvalue weighted by Gasteiger charge is -2.23. The zero-order valence-corrected chi connectivity index (χ0v) is 13.4. The van der Waals surface area contributed by atoms with Gasteiger partial charge in [0.05, 0.1) is 17.1 Å². The number of thioether (sulfide) groups is 1. The average molecular weight is 340 g/mol. The molecule has 1 aromatic carbocycles. The standard InChI is InChI=1S/C15H17FN2O4S/c1-2-3-13(19)18-8-23-7-12(18)14(20)17-11-6-9(15(21)22)4-5-10(11)16/h4-6,12H,2-3,7-8H2,1H3,(H,17,20)(H,21,22). The van der Waals surface area contributed by atoms with E-state index in [1.165, 1.54) is 16.7 Å². The Hall–Kier alpha value is -2.09. The van der Waals surface area contributed by atoms with Crippen molar-refractivity contribution in [2.75, 3.05) is 16.9 Å². The minimum atomic E-state index is -1.21. The summed E-state index contributed by atoms with van der Waals surface area (Å²) >= 11 is 1.45. The van der Waals surface area contributed by atoms with Crippen molar-refractivity contribution in [1.29, 1.82) is 0 Å². The fraction of sp³-hybridized carbons (Fsp3) is 0.400. The van der Waals surface area contributed by atoms with Crippen molar-refractivity contribution in [1.82, 2.24) is 4.90 Å². The molecule has 2 rings (SSSR count). The molecule has 0 bridgehead atoms. The first-order valence-corrected chi connectivity index (χ1v) is 8.30. The normalized spacial score (nSPS) is 17.1. The van der Waals surface area contributed by atoms with Gasteiger partial charge in [-0.2, -0.15) is 0 Å². The van der Waals surface area contributed by atoms with Crippen LogP contribution in [-0.4, -0.2) is 45.5 Å². The molecule has 1 atom stereocenters. The molecule has 124 valence electrons. The average Bonchev–Trinajstić information content (AvgIpc) is 2.99. The fourth-order valence-electron chi connectivity index (χ4n) is 2.23. The van der Waals surface area contributed by atoms with Crippen molar-refractivity contribution >= 4 is 35.2 Å². The summed E-state index contributed by atoms with van der Waals surface area (Å²) in [6.45, 7) is 1.88. The summed E-state index contributed by atoms with van der Waals surface area (Å²) in [6.07, 6.45) is 1.04. The largest absolute Gasteiger partial charge is 0.478 e. The number of rotatable bonds is 5. The molecular formula is C15H17FN2O4S. The summed E-state index contributed by atoms with van der Waals surface area (Å²) in [5, 5.41) is 11.3. The predicted molar refractivity (Wildman–Crippen MR) is 84.9 cm³/mol. The van der Waals surface area contributed by atoms with Crippen molar-refractivity contribution in [3.8, 4) is 0 Å². The lowest BCUT2D eigenvalue weighted by Crippen LogP contribution is -2.44. The van der Waals surface area contributed by atoms with Gasteiger partial charge in [0.15, 0.2) is 0 Å². The van der Waals surface area contributed by atoms with Crippen LogP contribution in [0.2, 0.25) is 0 Å². The molecule has 2 N–H and O–H groups in total. The summed E-state index contributed by atoms with van der Waals surface area (Å²) in [5.41, 5.74) is -0.323. The molecule has 1 saturated heterocycles. The van der Waals surface area contributed by atoms with Gasteiger partial charge in [0.1, 0.15) is 11.9 Å². The summed E-state index contributed by atoms with van der Waals surface area (Å²) < 4.78 is 13.8. The lowest BCUT2D eigenvalue weighted by molar-refractivity contribution is -0.136. The van der Waals surface area contributed by atoms with Crippen LogP contribution in [0.15, 0.2) is 18.2 Å². The number of nitrogens with zero attached hydrogens (tertiary/aromatic N) is 1. The first-order valence-electron chi connectivity index (χ1n) is 7.15. The molecule has 6 nitrogen and oxygen atoms in total. The first kappa shape index (κ1) is 17.3. The molecule has 0 saturated carbocycles. The summed E-state index contributed by atoms with van der Waals surface area (Å²) in [6, 6.07) is 2.50. The topological polar surface area (TPSA) is 86.7 Å². The number of carboxylic acids is 1. The molecule has 0 spiro atoms. The number of carbonyl (C=O) groups is 3. The van der Waals surface area contributed by atoms with Crippen LogP contribution in [0.3, 0.4) is 0 Å². The Morgan fingerprint density at radius 1 is 1.43 bits per heavy atom. The number of hydrogen-bond acceptors (Lipinski definition) is 4. The van der Waals surface area contributed by atoms with Gasteiger partial charge in [-0.3, -0.25) is 9.59 Å². The van der Waals surface area contributed by atoms with Crippen LogP contribution in [0.25, 0.3) is 0 Å². The molecule has 0 aliphatic carbocycles. The van der Waals surface area contributed by atoms with Gasteiger partial charge in [0, 0.05) is 12.2 Å². The van der Waals surface area contributed by atoms with Gasteiger partial charge in [-0.1, -0.05) is 6.92 Å². The number of nitrogens with one attached hydrogen (secondary N) is 1. The highest BCUT2D eigenvalue weighted by Gasteiger charge is 2.34. The molecule has 0 radical (unpaired) electrons. The van der Waals surface area contributed by atoms with Gasteiger partial charge in [-0.05, 0) is 24.6 Å². The molecule has 1 aromatic rings. The van der Waals surface area contributed by atoms with Gasteiger partial charge >= 0.3 is 5.97 Å². The molecule has 23 heavy (non-hydrogen) atoms. The number of aromatic carboxylic acids is 1. The number of carbonyl (C=O) groups excluding carboxylic acids is 2. The van der Waals surface area contributed by atoms with Gasteiger partial charge in [-0.25, -0.2) is 9.18 Å². The van der Waals surface area contributed by atoms with Crippen molar-refractivity contribution < 1.29 is 23.9 Å². The van der Waals surface area contributed by atoms with Crippen molar-refractivity contribution in [2.45, 2.75) is 25.8 Å². The first-order chi connectivity index (χ1) is 10.9. The third kappa shape index (κ3) is 4.01. The number of hydrogen-bond donors (Lipinski definition) is 2. The second-order valence-electron chi connectivity index (χ2n) is 5.12. The maximum atomic E-state index is 13.8. The van der Waals surface area contributed by atoms with Crippen LogP contribution >= 0.6 is 11.8 Å². The number of benzene rings is 1. The van der Waals surface area contributed by atoms with E-state index < -0.39 is 23.7 Å². The van der Waals surface area contributed by atoms with Gasteiger partial charge < -0.3 is 15.3 Å². The van der Waals surface area contributed by atoms with E-state index in [1.54, 1.807) is 0 Å². The monoisotopic (exact) mass is 340 g/mol. The molecule has 8 heteroatoms. The van der Waals surface area contributed by atoms with Gasteiger partial charge in [0.2, 0.25) is 11.8 Å². The Morgan fingerprint density at radius 3 is 2.83 bits per heavy atom. The maximum absolute atomic E-state index is 13.8. The Balaban J connectivity index is 2.13. The molecule has 0 aromatic heterocycles. The summed E-state index contributed by atoms with van der Waals surface area (Å²) in [7, 11) is 0. The number of carboxylic acid groups (broad SMARTS) is 1. The Morgan fingerprint density at radius 2 is 2.17 bits per heavy atom. The fourth-order valence-corrected chi connectivity index (χ4v) is 3.41. The van der Waals surface area contributed by atoms with Crippen LogP contribution in [0.4, 0.5) is 10.1 Å². The predicted octanol–water partition coefficient (Wildman–Crippen LogP) is 2.16. The highest BCUT2D eigenvalue weighted by molar-refractivity contribution is 7.99. The van der Waals surface area contributed by atoms with Crippen LogP contribution in [0, 0.1) is 5.82 Å². The molecule has 1 aliphatic rings. The Bertz CT molecular complexity index is 638. The lowest BCUT2D eigenvalue weighted by atomic mass is 10.1. The van der Waals surface area contributed by atoms with Crippen LogP contribution in [-0.2, 0) is 9.59 Å². The minimum Gasteiger partial charge on any atom is -0.478 e. The molecule has 1 heterocycles. The number of halogens is 1. The van der Waals surface area contributed by atoms with Crippen molar-refractivity contribution in [2.24, 2.45) is 0 Å². The van der Waals surface area contributed by atoms with Crippen LogP contribution in [0.1, 0.15) is 30.1 Å². The smallest absolute Gasteiger partial charge is 0.335 e. The molecular weight excluding hydrogens is 323 g/mol. The van der Waals surface area contributed by atoms with Gasteiger partial charge in [-0.15, -0.1) is 11.8 Å². The molecule has 2 amide bonds. The Kier molecular flexibility index (Phi) is 5.59. The highest BCUT2D eigenvalue weighted by atomic mass is 32.2. The van der Waals surface area contributed by atoms with E-state index in [2.05, 4.69) is 5.32 Å². The van der Waals surface area contributed by atoms with E-state index in [4.69, 9.17) is 5.11 Å². The van der Waals surface area contributed by atoms with E-state index in [0.717, 1.165) is 18.2 Å². The van der Waals surface area contributed by atoms with E-state index in [-0.39, 0.29) is 17.2 Å². The number of amides is 2. The number of anilines is 1. The maximum Gasteiger partial charge on any atom is 0.335 e. The quantitative estimate of drug-likeness (QED) is 0.858. The van der Waals surface area contributed by atoms with E-state index in [0.29, 0.717) is 24.5 Å². The summed E-state index contributed by atoms with van der Waals surface area (Å²) in [4.78, 5) is 36.7. The highest BCUT2D eigenvalue weighted by Crippen LogP contribution is 2.24. The SMILES string of the molecule is CCCC(=O)N1CSCC1C(=O)Nc1cc(C(=O)O)ccc1F. The van der Waals surface area contributed by atoms with Crippen molar-refractivity contribution in [3.05, 3.63) is 29.6 Å². The minimum absolute atomic E-state index is 0.114. The zero-order chi connectivity index (χ0) is 17.0. The molecule has 1 unspecified atom stereocenters.